The SMILES string of the molecule is O=[N+]([O-])c1cc(S(=O)(=O)C(F)(F)F)ccc1Sc1n[nH]c(C2CC2)n1. The number of sulfone groups is 1. The second-order valence-corrected chi connectivity index (χ2v) is 8.17. The van der Waals surface area contributed by atoms with E-state index in [9.17, 15) is 31.7 Å². The number of nitro benzene ring substituents is 1. The van der Waals surface area contributed by atoms with E-state index in [1.165, 1.54) is 0 Å². The molecule has 1 N–H and O–H groups in total. The van der Waals surface area contributed by atoms with Gasteiger partial charge in [-0.3, -0.25) is 15.2 Å². The summed E-state index contributed by atoms with van der Waals surface area (Å²) in [6.45, 7) is 0. The third-order valence-corrected chi connectivity index (χ3v) is 5.80. The van der Waals surface area contributed by atoms with E-state index in [1.807, 2.05) is 0 Å². The van der Waals surface area contributed by atoms with Crippen molar-refractivity contribution in [2.24, 2.45) is 0 Å². The predicted molar refractivity (Wildman–Crippen MR) is 78.8 cm³/mol. The zero-order chi connectivity index (χ0) is 18.4. The molecular weight excluding hydrogens is 385 g/mol. The molecule has 1 heterocycles. The first kappa shape index (κ1) is 17.7. The number of hydrogen-bond acceptors (Lipinski definition) is 7. The summed E-state index contributed by atoms with van der Waals surface area (Å²) >= 11 is 0.764. The molecule has 1 saturated carbocycles. The number of nitrogens with one attached hydrogen (secondary N) is 1. The molecule has 2 aromatic rings. The van der Waals surface area contributed by atoms with Gasteiger partial charge in [-0.2, -0.15) is 13.2 Å². The minimum Gasteiger partial charge on any atom is -0.262 e. The molecule has 0 saturated heterocycles. The first-order chi connectivity index (χ1) is 11.6. The lowest BCUT2D eigenvalue weighted by Gasteiger charge is -2.08. The number of hydrogen-bond donors (Lipinski definition) is 1. The third kappa shape index (κ3) is 3.46. The fourth-order valence-corrected chi connectivity index (χ4v) is 3.56. The number of halogens is 3. The largest absolute Gasteiger partial charge is 0.501 e. The normalized spacial score (nSPS) is 15.3. The summed E-state index contributed by atoms with van der Waals surface area (Å²) in [5, 5.41) is 17.9. The van der Waals surface area contributed by atoms with E-state index in [0.717, 1.165) is 30.7 Å². The van der Waals surface area contributed by atoms with Crippen LogP contribution in [0.1, 0.15) is 24.6 Å². The molecule has 1 aliphatic carbocycles. The van der Waals surface area contributed by atoms with E-state index in [4.69, 9.17) is 0 Å². The number of rotatable bonds is 5. The second-order valence-electron chi connectivity index (χ2n) is 5.22. The molecule has 134 valence electrons. The highest BCUT2D eigenvalue weighted by molar-refractivity contribution is 7.99. The number of benzene rings is 1. The van der Waals surface area contributed by atoms with Crippen molar-refractivity contribution in [1.82, 2.24) is 15.2 Å². The third-order valence-electron chi connectivity index (χ3n) is 3.39. The van der Waals surface area contributed by atoms with Crippen molar-refractivity contribution in [2.75, 3.05) is 0 Å². The van der Waals surface area contributed by atoms with Gasteiger partial charge in [-0.05, 0) is 36.7 Å². The molecule has 1 aromatic heterocycles. The van der Waals surface area contributed by atoms with E-state index in [-0.39, 0.29) is 16.0 Å². The molecule has 25 heavy (non-hydrogen) atoms. The average Bonchev–Trinajstić information content (AvgIpc) is 3.26. The predicted octanol–water partition coefficient (Wildman–Crippen LogP) is 3.04. The fraction of sp³-hybridized carbons (Fsp3) is 0.333. The van der Waals surface area contributed by atoms with Gasteiger partial charge in [0.05, 0.1) is 14.7 Å². The molecule has 8 nitrogen and oxygen atoms in total. The quantitative estimate of drug-likeness (QED) is 0.611. The monoisotopic (exact) mass is 394 g/mol. The molecule has 1 aliphatic rings. The van der Waals surface area contributed by atoms with Crippen LogP contribution in [-0.2, 0) is 9.84 Å². The minimum absolute atomic E-state index is 0.0625. The van der Waals surface area contributed by atoms with Crippen molar-refractivity contribution in [2.45, 2.75) is 39.2 Å². The molecule has 1 fully saturated rings. The lowest BCUT2D eigenvalue weighted by molar-refractivity contribution is -0.388. The Hall–Kier alpha value is -2.15. The van der Waals surface area contributed by atoms with Crippen molar-refractivity contribution < 1.29 is 26.5 Å². The average molecular weight is 394 g/mol. The maximum absolute atomic E-state index is 12.6. The number of H-pyrrole nitrogens is 1. The van der Waals surface area contributed by atoms with Gasteiger partial charge in [0.2, 0.25) is 5.16 Å². The summed E-state index contributed by atoms with van der Waals surface area (Å²) in [6.07, 6.45) is 1.92. The number of aromatic amines is 1. The first-order valence-corrected chi connectivity index (χ1v) is 9.09. The first-order valence-electron chi connectivity index (χ1n) is 6.79. The molecule has 0 radical (unpaired) electrons. The van der Waals surface area contributed by atoms with Crippen LogP contribution >= 0.6 is 11.8 Å². The minimum atomic E-state index is -5.67. The highest BCUT2D eigenvalue weighted by Gasteiger charge is 2.47. The van der Waals surface area contributed by atoms with Gasteiger partial charge >= 0.3 is 5.51 Å². The zero-order valence-corrected chi connectivity index (χ0v) is 13.8. The fourth-order valence-electron chi connectivity index (χ4n) is 1.97. The van der Waals surface area contributed by atoms with Gasteiger partial charge in [0.25, 0.3) is 15.5 Å². The lowest BCUT2D eigenvalue weighted by atomic mass is 10.3. The summed E-state index contributed by atoms with van der Waals surface area (Å²) in [4.78, 5) is 13.1. The Kier molecular flexibility index (Phi) is 4.23. The standard InChI is InChI=1S/C12H9F3N4O4S2/c13-12(14,15)25(22,23)7-3-4-9(8(5-7)19(20)21)24-11-16-10(17-18-11)6-1-2-6/h3-6H,1-2H2,(H,16,17,18). The van der Waals surface area contributed by atoms with Crippen LogP contribution in [0, 0.1) is 10.1 Å². The van der Waals surface area contributed by atoms with Crippen LogP contribution in [-0.4, -0.2) is 34.0 Å². The number of alkyl halides is 3. The topological polar surface area (TPSA) is 119 Å². The molecule has 13 heteroatoms. The van der Waals surface area contributed by atoms with Crippen LogP contribution in [0.4, 0.5) is 18.9 Å². The van der Waals surface area contributed by atoms with Gasteiger partial charge in [0.15, 0.2) is 0 Å². The van der Waals surface area contributed by atoms with Crippen molar-refractivity contribution in [3.63, 3.8) is 0 Å². The molecular formula is C12H9F3N4O4S2. The molecule has 0 atom stereocenters. The van der Waals surface area contributed by atoms with Gasteiger partial charge in [-0.25, -0.2) is 13.4 Å². The number of nitrogens with zero attached hydrogens (tertiary/aromatic N) is 3. The van der Waals surface area contributed by atoms with Gasteiger partial charge in [0.1, 0.15) is 5.82 Å². The summed E-state index contributed by atoms with van der Waals surface area (Å²) in [7, 11) is -5.67. The smallest absolute Gasteiger partial charge is 0.262 e. The Labute approximate surface area is 142 Å². The van der Waals surface area contributed by atoms with Gasteiger partial charge in [-0.1, -0.05) is 0 Å². The van der Waals surface area contributed by atoms with Crippen LogP contribution in [0.2, 0.25) is 0 Å². The Morgan fingerprint density at radius 3 is 2.56 bits per heavy atom. The summed E-state index contributed by atoms with van der Waals surface area (Å²) < 4.78 is 60.6. The Bertz CT molecular complexity index is 938. The lowest BCUT2D eigenvalue weighted by Crippen LogP contribution is -2.23. The van der Waals surface area contributed by atoms with Crippen molar-refractivity contribution >= 4 is 27.3 Å². The number of nitro groups is 1. The molecule has 0 unspecified atom stereocenters. The van der Waals surface area contributed by atoms with Crippen LogP contribution in [0.5, 0.6) is 0 Å². The van der Waals surface area contributed by atoms with E-state index in [2.05, 4.69) is 15.2 Å². The molecule has 3 rings (SSSR count). The van der Waals surface area contributed by atoms with E-state index >= 15 is 0 Å². The second kappa shape index (κ2) is 5.98. The van der Waals surface area contributed by atoms with Gasteiger partial charge < -0.3 is 0 Å². The highest BCUT2D eigenvalue weighted by Crippen LogP contribution is 2.40. The molecule has 1 aromatic carbocycles. The number of aromatic nitrogens is 3. The van der Waals surface area contributed by atoms with Crippen molar-refractivity contribution in [3.8, 4) is 0 Å². The highest BCUT2D eigenvalue weighted by atomic mass is 32.2. The van der Waals surface area contributed by atoms with Gasteiger partial charge in [0, 0.05) is 12.0 Å². The van der Waals surface area contributed by atoms with Crippen LogP contribution in [0.3, 0.4) is 0 Å². The zero-order valence-electron chi connectivity index (χ0n) is 12.1. The Morgan fingerprint density at radius 1 is 1.32 bits per heavy atom. The maximum atomic E-state index is 12.6. The summed E-state index contributed by atoms with van der Waals surface area (Å²) in [5.74, 6) is 0.914. The van der Waals surface area contributed by atoms with Crippen LogP contribution in [0.15, 0.2) is 33.1 Å². The molecule has 0 bridgehead atoms. The Morgan fingerprint density at radius 2 is 2.00 bits per heavy atom. The van der Waals surface area contributed by atoms with Crippen LogP contribution in [0.25, 0.3) is 0 Å². The molecule has 0 aliphatic heterocycles. The summed E-state index contributed by atoms with van der Waals surface area (Å²) in [5.41, 5.74) is -6.31. The Balaban J connectivity index is 1.95. The van der Waals surface area contributed by atoms with Crippen molar-refractivity contribution in [1.29, 1.82) is 0 Å². The van der Waals surface area contributed by atoms with E-state index < -0.39 is 30.9 Å². The molecule has 0 spiro atoms. The molecule has 0 amide bonds. The van der Waals surface area contributed by atoms with E-state index in [0.29, 0.717) is 18.0 Å². The maximum Gasteiger partial charge on any atom is 0.501 e. The van der Waals surface area contributed by atoms with Crippen molar-refractivity contribution in [3.05, 3.63) is 34.1 Å². The van der Waals surface area contributed by atoms with Crippen LogP contribution < -0.4 is 0 Å². The van der Waals surface area contributed by atoms with Gasteiger partial charge in [-0.15, -0.1) is 5.10 Å². The summed E-state index contributed by atoms with van der Waals surface area (Å²) in [6, 6.07) is 2.00. The van der Waals surface area contributed by atoms with E-state index in [1.54, 1.807) is 0 Å².